The number of piperazine rings is 1. The quantitative estimate of drug-likeness (QED) is 0.772. The van der Waals surface area contributed by atoms with Gasteiger partial charge in [-0.2, -0.15) is 4.31 Å². The molecule has 0 N–H and O–H groups in total. The fourth-order valence-electron chi connectivity index (χ4n) is 3.69. The molecule has 0 radical (unpaired) electrons. The third-order valence-electron chi connectivity index (χ3n) is 5.23. The van der Waals surface area contributed by atoms with Gasteiger partial charge in [-0.3, -0.25) is 4.90 Å². The van der Waals surface area contributed by atoms with Gasteiger partial charge in [-0.15, -0.1) is 0 Å². The van der Waals surface area contributed by atoms with Gasteiger partial charge in [-0.1, -0.05) is 0 Å². The zero-order valence-corrected chi connectivity index (χ0v) is 16.3. The van der Waals surface area contributed by atoms with Crippen molar-refractivity contribution in [2.75, 3.05) is 45.9 Å². The Hall–Kier alpha value is -1.71. The number of benzene rings is 1. The van der Waals surface area contributed by atoms with Crippen LogP contribution in [0.4, 0.5) is 9.18 Å². The van der Waals surface area contributed by atoms with E-state index < -0.39 is 15.8 Å². The first-order chi connectivity index (χ1) is 12.9. The fraction of sp³-hybridized carbons (Fsp3) is 0.611. The number of rotatable bonds is 4. The van der Waals surface area contributed by atoms with E-state index >= 15 is 0 Å². The Bertz CT molecular complexity index is 740. The van der Waals surface area contributed by atoms with Crippen LogP contribution in [0.1, 0.15) is 19.8 Å². The Morgan fingerprint density at radius 1 is 1.07 bits per heavy atom. The van der Waals surface area contributed by atoms with Crippen LogP contribution in [-0.2, 0) is 14.8 Å². The smallest absolute Gasteiger partial charge is 0.409 e. The van der Waals surface area contributed by atoms with Crippen LogP contribution in [0.15, 0.2) is 29.2 Å². The number of hydrogen-bond donors (Lipinski definition) is 0. The monoisotopic (exact) mass is 399 g/mol. The lowest BCUT2D eigenvalue weighted by molar-refractivity contribution is 0.0633. The summed E-state index contributed by atoms with van der Waals surface area (Å²) in [6.45, 7) is 5.65. The maximum atomic E-state index is 13.0. The van der Waals surface area contributed by atoms with Crippen molar-refractivity contribution >= 4 is 16.1 Å². The lowest BCUT2D eigenvalue weighted by atomic mass is 10.0. The summed E-state index contributed by atoms with van der Waals surface area (Å²) in [5, 5.41) is 0. The van der Waals surface area contributed by atoms with Crippen LogP contribution in [0.25, 0.3) is 0 Å². The Kier molecular flexibility index (Phi) is 6.33. The number of carbonyl (C=O) groups is 1. The van der Waals surface area contributed by atoms with Gasteiger partial charge in [0, 0.05) is 45.3 Å². The molecule has 0 aliphatic carbocycles. The van der Waals surface area contributed by atoms with Gasteiger partial charge >= 0.3 is 6.09 Å². The van der Waals surface area contributed by atoms with E-state index in [1.807, 2.05) is 0 Å². The largest absolute Gasteiger partial charge is 0.450 e. The Labute approximate surface area is 159 Å². The molecular formula is C18H26FN3O4S. The number of nitrogens with zero attached hydrogens (tertiary/aromatic N) is 3. The van der Waals surface area contributed by atoms with Gasteiger partial charge in [0.05, 0.1) is 11.5 Å². The van der Waals surface area contributed by atoms with E-state index in [-0.39, 0.29) is 11.0 Å². The summed E-state index contributed by atoms with van der Waals surface area (Å²) in [6.07, 6.45) is 1.47. The highest BCUT2D eigenvalue weighted by molar-refractivity contribution is 7.89. The molecule has 3 rings (SSSR count). The zero-order valence-electron chi connectivity index (χ0n) is 15.5. The first kappa shape index (κ1) is 20.0. The highest BCUT2D eigenvalue weighted by Crippen LogP contribution is 2.22. The Morgan fingerprint density at radius 3 is 2.22 bits per heavy atom. The van der Waals surface area contributed by atoms with Crippen LogP contribution in [0.2, 0.25) is 0 Å². The molecule has 0 bridgehead atoms. The Morgan fingerprint density at radius 2 is 1.67 bits per heavy atom. The van der Waals surface area contributed by atoms with E-state index in [1.165, 1.54) is 28.6 Å². The highest BCUT2D eigenvalue weighted by Gasteiger charge is 2.33. The molecule has 7 nitrogen and oxygen atoms in total. The SMILES string of the molecule is CCOC(=O)N1CCC(N2CCN(S(=O)(=O)c3ccc(F)cc3)CC2)CC1. The molecule has 0 atom stereocenters. The van der Waals surface area contributed by atoms with Crippen molar-refractivity contribution in [2.45, 2.75) is 30.7 Å². The molecular weight excluding hydrogens is 373 g/mol. The number of piperidine rings is 1. The number of ether oxygens (including phenoxy) is 1. The lowest BCUT2D eigenvalue weighted by Gasteiger charge is -2.42. The number of halogens is 1. The van der Waals surface area contributed by atoms with E-state index in [9.17, 15) is 17.6 Å². The minimum absolute atomic E-state index is 0.125. The maximum Gasteiger partial charge on any atom is 0.409 e. The van der Waals surface area contributed by atoms with Crippen LogP contribution in [-0.4, -0.2) is 80.5 Å². The molecule has 2 fully saturated rings. The third-order valence-corrected chi connectivity index (χ3v) is 7.14. The Balaban J connectivity index is 1.52. The predicted molar refractivity (Wildman–Crippen MR) is 98.3 cm³/mol. The van der Waals surface area contributed by atoms with Crippen molar-refractivity contribution in [3.63, 3.8) is 0 Å². The number of sulfonamides is 1. The fourth-order valence-corrected chi connectivity index (χ4v) is 5.12. The second kappa shape index (κ2) is 8.53. The van der Waals surface area contributed by atoms with Gasteiger partial charge < -0.3 is 9.64 Å². The summed E-state index contributed by atoms with van der Waals surface area (Å²) in [4.78, 5) is 15.9. The maximum absolute atomic E-state index is 13.0. The van der Waals surface area contributed by atoms with Crippen molar-refractivity contribution in [3.8, 4) is 0 Å². The molecule has 2 aliphatic heterocycles. The number of carbonyl (C=O) groups excluding carboxylic acids is 1. The second-order valence-corrected chi connectivity index (χ2v) is 8.75. The average Bonchev–Trinajstić information content (AvgIpc) is 2.69. The van der Waals surface area contributed by atoms with Crippen molar-refractivity contribution < 1.29 is 22.3 Å². The van der Waals surface area contributed by atoms with Crippen molar-refractivity contribution in [1.29, 1.82) is 0 Å². The van der Waals surface area contributed by atoms with Crippen LogP contribution < -0.4 is 0 Å². The van der Waals surface area contributed by atoms with E-state index in [1.54, 1.807) is 11.8 Å². The highest BCUT2D eigenvalue weighted by atomic mass is 32.2. The molecule has 0 unspecified atom stereocenters. The second-order valence-electron chi connectivity index (χ2n) is 6.81. The first-order valence-corrected chi connectivity index (χ1v) is 10.8. The molecule has 2 heterocycles. The average molecular weight is 399 g/mol. The van der Waals surface area contributed by atoms with Gasteiger partial charge in [0.15, 0.2) is 0 Å². The van der Waals surface area contributed by atoms with Crippen LogP contribution in [0.5, 0.6) is 0 Å². The molecule has 0 saturated carbocycles. The van der Waals surface area contributed by atoms with Gasteiger partial charge in [0.1, 0.15) is 5.82 Å². The van der Waals surface area contributed by atoms with Crippen molar-refractivity contribution in [1.82, 2.24) is 14.1 Å². The molecule has 2 aliphatic rings. The topological polar surface area (TPSA) is 70.2 Å². The van der Waals surface area contributed by atoms with E-state index in [0.717, 1.165) is 12.8 Å². The standard InChI is InChI=1S/C18H26FN3O4S/c1-2-26-18(23)21-9-7-16(8-10-21)20-11-13-22(14-12-20)27(24,25)17-5-3-15(19)4-6-17/h3-6,16H,2,7-14H2,1H3. The number of hydrogen-bond acceptors (Lipinski definition) is 5. The molecule has 2 saturated heterocycles. The minimum atomic E-state index is -3.59. The summed E-state index contributed by atoms with van der Waals surface area (Å²) in [7, 11) is -3.59. The third kappa shape index (κ3) is 4.59. The van der Waals surface area contributed by atoms with Crippen LogP contribution in [0.3, 0.4) is 0 Å². The molecule has 27 heavy (non-hydrogen) atoms. The predicted octanol–water partition coefficient (Wildman–Crippen LogP) is 1.75. The molecule has 9 heteroatoms. The summed E-state index contributed by atoms with van der Waals surface area (Å²) in [5.74, 6) is -0.451. The van der Waals surface area contributed by atoms with E-state index in [0.29, 0.717) is 51.9 Å². The molecule has 1 amide bonds. The molecule has 0 aromatic heterocycles. The molecule has 150 valence electrons. The number of amides is 1. The molecule has 1 aromatic rings. The first-order valence-electron chi connectivity index (χ1n) is 9.33. The van der Waals surface area contributed by atoms with Crippen LogP contribution >= 0.6 is 0 Å². The summed E-state index contributed by atoms with van der Waals surface area (Å²) >= 11 is 0. The van der Waals surface area contributed by atoms with Crippen molar-refractivity contribution in [2.24, 2.45) is 0 Å². The van der Waals surface area contributed by atoms with Gasteiger partial charge in [0.25, 0.3) is 0 Å². The van der Waals surface area contributed by atoms with E-state index in [2.05, 4.69) is 4.90 Å². The molecule has 0 spiro atoms. The summed E-state index contributed by atoms with van der Waals surface area (Å²) < 4.78 is 44.9. The summed E-state index contributed by atoms with van der Waals surface area (Å²) in [5.41, 5.74) is 0. The van der Waals surface area contributed by atoms with Crippen LogP contribution in [0, 0.1) is 5.82 Å². The molecule has 1 aromatic carbocycles. The summed E-state index contributed by atoms with van der Waals surface area (Å²) in [6, 6.07) is 5.30. The van der Waals surface area contributed by atoms with Gasteiger partial charge in [0.2, 0.25) is 10.0 Å². The van der Waals surface area contributed by atoms with E-state index in [4.69, 9.17) is 4.74 Å². The number of likely N-dealkylation sites (tertiary alicyclic amines) is 1. The van der Waals surface area contributed by atoms with Crippen molar-refractivity contribution in [3.05, 3.63) is 30.1 Å². The normalized spacial score (nSPS) is 20.6. The zero-order chi connectivity index (χ0) is 19.4. The van der Waals surface area contributed by atoms with Gasteiger partial charge in [-0.25, -0.2) is 17.6 Å². The lowest BCUT2D eigenvalue weighted by Crippen LogP contribution is -2.54. The minimum Gasteiger partial charge on any atom is -0.450 e. The van der Waals surface area contributed by atoms with Gasteiger partial charge in [-0.05, 0) is 44.0 Å².